The minimum atomic E-state index is -0.218. The number of hydrogen-bond acceptors (Lipinski definition) is 5. The fourth-order valence-corrected chi connectivity index (χ4v) is 3.30. The molecule has 2 rings (SSSR count). The topological polar surface area (TPSA) is 65.4 Å². The van der Waals surface area contributed by atoms with Gasteiger partial charge in [-0.2, -0.15) is 0 Å². The quantitative estimate of drug-likeness (QED) is 0.755. The number of halogens is 1. The summed E-state index contributed by atoms with van der Waals surface area (Å²) in [5.41, 5.74) is 3.22. The normalized spacial score (nSPS) is 12.2. The number of rotatable bonds is 8. The van der Waals surface area contributed by atoms with Crippen LogP contribution in [0.4, 0.5) is 11.5 Å². The molecule has 2 aromatic rings. The number of methoxy groups -OCH3 is 2. The van der Waals surface area contributed by atoms with Gasteiger partial charge in [0, 0.05) is 27.0 Å². The monoisotopic (exact) mass is 379 g/mol. The summed E-state index contributed by atoms with van der Waals surface area (Å²) in [6.45, 7) is 6.72. The molecule has 0 aliphatic carbocycles. The number of hydrogen-bond donors (Lipinski definition) is 1. The lowest BCUT2D eigenvalue weighted by Gasteiger charge is -2.20. The van der Waals surface area contributed by atoms with Crippen molar-refractivity contribution in [3.05, 3.63) is 50.5 Å². The Hall–Kier alpha value is -1.89. The van der Waals surface area contributed by atoms with E-state index in [2.05, 4.69) is 10.3 Å². The number of benzene rings is 1. The first kappa shape index (κ1) is 20.4. The fourth-order valence-electron chi connectivity index (χ4n) is 2.93. The summed E-state index contributed by atoms with van der Waals surface area (Å²) in [4.78, 5) is 17.4. The maximum Gasteiger partial charge on any atom is 0.294 e. The highest BCUT2D eigenvalue weighted by molar-refractivity contribution is 6.33. The van der Waals surface area contributed by atoms with Crippen LogP contribution < -0.4 is 10.9 Å². The Morgan fingerprint density at radius 2 is 1.96 bits per heavy atom. The highest BCUT2D eigenvalue weighted by Gasteiger charge is 2.17. The average molecular weight is 380 g/mol. The predicted molar refractivity (Wildman–Crippen MR) is 105 cm³/mol. The molecule has 7 heteroatoms. The summed E-state index contributed by atoms with van der Waals surface area (Å²) < 4.78 is 12.1. The molecule has 1 heterocycles. The van der Waals surface area contributed by atoms with Crippen molar-refractivity contribution in [2.75, 3.05) is 32.8 Å². The second-order valence-electron chi connectivity index (χ2n) is 6.40. The summed E-state index contributed by atoms with van der Waals surface area (Å²) in [5.74, 6) is 0.248. The standard InChI is InChI=1S/C19H26ClN3O3/c1-12-8-13(2)17(16(20)9-12)22-18-19(24)23(10-14(3)21-18)15(11-26-5)6-7-25-4/h8-10,15H,6-7,11H2,1-5H3,(H,21,22). The Bertz CT molecular complexity index is 797. The molecule has 6 nitrogen and oxygen atoms in total. The lowest BCUT2D eigenvalue weighted by Crippen LogP contribution is -2.30. The van der Waals surface area contributed by atoms with Gasteiger partial charge in [-0.25, -0.2) is 4.98 Å². The number of nitrogens with zero attached hydrogens (tertiary/aromatic N) is 2. The summed E-state index contributed by atoms with van der Waals surface area (Å²) in [6.07, 6.45) is 2.41. The summed E-state index contributed by atoms with van der Waals surface area (Å²) in [6, 6.07) is 3.73. The van der Waals surface area contributed by atoms with E-state index in [1.165, 1.54) is 0 Å². The van der Waals surface area contributed by atoms with Crippen molar-refractivity contribution in [3.63, 3.8) is 0 Å². The third-order valence-electron chi connectivity index (χ3n) is 4.13. The number of ether oxygens (including phenoxy) is 2. The van der Waals surface area contributed by atoms with Crippen LogP contribution >= 0.6 is 11.6 Å². The van der Waals surface area contributed by atoms with E-state index in [0.717, 1.165) is 16.8 Å². The maximum absolute atomic E-state index is 13.0. The Labute approximate surface area is 159 Å². The minimum Gasteiger partial charge on any atom is -0.385 e. The molecule has 1 aromatic carbocycles. The van der Waals surface area contributed by atoms with Gasteiger partial charge in [0.2, 0.25) is 0 Å². The van der Waals surface area contributed by atoms with E-state index in [1.807, 2.05) is 32.9 Å². The van der Waals surface area contributed by atoms with Gasteiger partial charge in [-0.1, -0.05) is 17.7 Å². The SMILES string of the molecule is COCCC(COC)n1cc(C)nc(Nc2c(C)cc(C)cc2Cl)c1=O. The van der Waals surface area contributed by atoms with Crippen LogP contribution in [0.5, 0.6) is 0 Å². The number of anilines is 2. The summed E-state index contributed by atoms with van der Waals surface area (Å²) in [5, 5.41) is 3.68. The molecule has 1 atom stereocenters. The van der Waals surface area contributed by atoms with Crippen LogP contribution in [-0.2, 0) is 9.47 Å². The number of aromatic nitrogens is 2. The molecule has 0 radical (unpaired) electrons. The van der Waals surface area contributed by atoms with Crippen molar-refractivity contribution in [3.8, 4) is 0 Å². The summed E-state index contributed by atoms with van der Waals surface area (Å²) in [7, 11) is 3.26. The molecule has 1 aromatic heterocycles. The highest BCUT2D eigenvalue weighted by atomic mass is 35.5. The maximum atomic E-state index is 13.0. The average Bonchev–Trinajstić information content (AvgIpc) is 2.57. The van der Waals surface area contributed by atoms with E-state index in [0.29, 0.717) is 30.3 Å². The first-order valence-corrected chi connectivity index (χ1v) is 8.86. The van der Waals surface area contributed by atoms with E-state index in [9.17, 15) is 4.79 Å². The highest BCUT2D eigenvalue weighted by Crippen LogP contribution is 2.29. The first-order chi connectivity index (χ1) is 12.4. The molecule has 26 heavy (non-hydrogen) atoms. The molecule has 0 bridgehead atoms. The first-order valence-electron chi connectivity index (χ1n) is 8.48. The van der Waals surface area contributed by atoms with Gasteiger partial charge < -0.3 is 19.4 Å². The zero-order valence-corrected chi connectivity index (χ0v) is 16.7. The molecule has 0 spiro atoms. The minimum absolute atomic E-state index is 0.135. The molecule has 1 unspecified atom stereocenters. The van der Waals surface area contributed by atoms with Gasteiger partial charge in [-0.15, -0.1) is 0 Å². The molecular formula is C19H26ClN3O3. The van der Waals surface area contributed by atoms with Crippen molar-refractivity contribution in [2.45, 2.75) is 33.2 Å². The van der Waals surface area contributed by atoms with Gasteiger partial charge in [0.1, 0.15) is 0 Å². The third kappa shape index (κ3) is 4.84. The molecule has 0 aliphatic heterocycles. The Balaban J connectivity index is 2.45. The second-order valence-corrected chi connectivity index (χ2v) is 6.80. The molecule has 0 fully saturated rings. The van der Waals surface area contributed by atoms with E-state index >= 15 is 0 Å². The smallest absolute Gasteiger partial charge is 0.294 e. The predicted octanol–water partition coefficient (Wildman–Crippen LogP) is 3.79. The number of nitrogens with one attached hydrogen (secondary N) is 1. The largest absolute Gasteiger partial charge is 0.385 e. The van der Waals surface area contributed by atoms with Crippen LogP contribution in [0.2, 0.25) is 5.02 Å². The fraction of sp³-hybridized carbons (Fsp3) is 0.474. The van der Waals surface area contributed by atoms with Crippen LogP contribution in [0.3, 0.4) is 0 Å². The molecule has 0 saturated carbocycles. The van der Waals surface area contributed by atoms with Gasteiger partial charge in [-0.05, 0) is 44.4 Å². The van der Waals surface area contributed by atoms with E-state index in [-0.39, 0.29) is 17.4 Å². The van der Waals surface area contributed by atoms with Gasteiger partial charge in [0.25, 0.3) is 5.56 Å². The van der Waals surface area contributed by atoms with E-state index < -0.39 is 0 Å². The van der Waals surface area contributed by atoms with Crippen LogP contribution in [0.15, 0.2) is 23.1 Å². The van der Waals surface area contributed by atoms with Crippen LogP contribution in [0.25, 0.3) is 0 Å². The molecular weight excluding hydrogens is 354 g/mol. The van der Waals surface area contributed by atoms with Crippen molar-refractivity contribution in [1.82, 2.24) is 9.55 Å². The zero-order chi connectivity index (χ0) is 19.3. The van der Waals surface area contributed by atoms with E-state index in [4.69, 9.17) is 21.1 Å². The van der Waals surface area contributed by atoms with Crippen molar-refractivity contribution in [2.24, 2.45) is 0 Å². The van der Waals surface area contributed by atoms with Gasteiger partial charge in [-0.3, -0.25) is 4.79 Å². The van der Waals surface area contributed by atoms with Crippen molar-refractivity contribution >= 4 is 23.1 Å². The lowest BCUT2D eigenvalue weighted by molar-refractivity contribution is 0.119. The van der Waals surface area contributed by atoms with Crippen LogP contribution in [-0.4, -0.2) is 37.0 Å². The van der Waals surface area contributed by atoms with Gasteiger partial charge >= 0.3 is 0 Å². The van der Waals surface area contributed by atoms with Crippen molar-refractivity contribution < 1.29 is 9.47 Å². The Kier molecular flexibility index (Phi) is 7.20. The Morgan fingerprint density at radius 3 is 2.58 bits per heavy atom. The molecule has 0 aliphatic rings. The van der Waals surface area contributed by atoms with Gasteiger partial charge in [0.15, 0.2) is 5.82 Å². The van der Waals surface area contributed by atoms with Gasteiger partial charge in [0.05, 0.1) is 29.1 Å². The third-order valence-corrected chi connectivity index (χ3v) is 4.43. The zero-order valence-electron chi connectivity index (χ0n) is 15.9. The molecule has 142 valence electrons. The van der Waals surface area contributed by atoms with Crippen molar-refractivity contribution in [1.29, 1.82) is 0 Å². The number of aryl methyl sites for hydroxylation is 3. The lowest BCUT2D eigenvalue weighted by atomic mass is 10.1. The molecule has 1 N–H and O–H groups in total. The summed E-state index contributed by atoms with van der Waals surface area (Å²) >= 11 is 6.36. The van der Waals surface area contributed by atoms with Crippen LogP contribution in [0, 0.1) is 20.8 Å². The molecule has 0 saturated heterocycles. The van der Waals surface area contributed by atoms with Crippen LogP contribution in [0.1, 0.15) is 29.3 Å². The van der Waals surface area contributed by atoms with E-state index in [1.54, 1.807) is 25.0 Å². The Morgan fingerprint density at radius 1 is 1.23 bits per heavy atom. The molecule has 0 amide bonds. The second kappa shape index (κ2) is 9.16.